The second-order valence-corrected chi connectivity index (χ2v) is 6.61. The van der Waals surface area contributed by atoms with Crippen LogP contribution in [0.25, 0.3) is 5.70 Å². The monoisotopic (exact) mass is 315 g/mol. The largest absolute Gasteiger partial charge is 0.491 e. The number of nitrogens with one attached hydrogen (secondary N) is 1. The van der Waals surface area contributed by atoms with E-state index in [0.717, 1.165) is 0 Å². The Bertz CT molecular complexity index is 673. The number of aliphatic hydroxyl groups excluding tert-OH is 1. The van der Waals surface area contributed by atoms with E-state index in [1.54, 1.807) is 46.8 Å². The van der Waals surface area contributed by atoms with Gasteiger partial charge in [0.05, 0.1) is 24.8 Å². The quantitative estimate of drug-likeness (QED) is 0.897. The lowest BCUT2D eigenvalue weighted by atomic mass is 9.99. The molecule has 0 saturated heterocycles. The van der Waals surface area contributed by atoms with Gasteiger partial charge in [-0.3, -0.25) is 5.43 Å². The van der Waals surface area contributed by atoms with Crippen LogP contribution in [0, 0.1) is 5.41 Å². The van der Waals surface area contributed by atoms with Crippen LogP contribution in [0.2, 0.25) is 0 Å². The molecule has 0 aromatic carbocycles. The molecule has 0 fully saturated rings. The van der Waals surface area contributed by atoms with Crippen molar-refractivity contribution in [3.8, 4) is 5.75 Å². The van der Waals surface area contributed by atoms with Gasteiger partial charge >= 0.3 is 0 Å². The molecule has 3 heterocycles. The van der Waals surface area contributed by atoms with Gasteiger partial charge in [-0.05, 0) is 17.5 Å². The third kappa shape index (κ3) is 3.45. The van der Waals surface area contributed by atoms with Crippen molar-refractivity contribution in [3.05, 3.63) is 43.3 Å². The summed E-state index contributed by atoms with van der Waals surface area (Å²) in [6, 6.07) is 3.65. The Hall–Kier alpha value is -2.54. The van der Waals surface area contributed by atoms with E-state index in [9.17, 15) is 5.11 Å². The molecule has 2 aromatic heterocycles. The lowest BCUT2D eigenvalue weighted by molar-refractivity contribution is 0.197. The standard InChI is InChI=1S/C16H21N5O2/c1-16(2,3)10-23-12-4-5-14(18-8-12)21-15(22)13(9-19-21)20-7-6-17-11-20/h4-9,11,15,19,22H,10H2,1-3H3. The SMILES string of the molecule is CC(C)(C)COc1ccc(N2NC=C(n3ccnc3)C2O)nc1. The highest BCUT2D eigenvalue weighted by molar-refractivity contribution is 5.60. The average molecular weight is 315 g/mol. The van der Waals surface area contributed by atoms with E-state index in [0.29, 0.717) is 23.9 Å². The summed E-state index contributed by atoms with van der Waals surface area (Å²) in [6.07, 6.45) is 7.60. The highest BCUT2D eigenvalue weighted by Crippen LogP contribution is 2.24. The van der Waals surface area contributed by atoms with E-state index in [2.05, 4.69) is 36.2 Å². The second kappa shape index (κ2) is 5.92. The van der Waals surface area contributed by atoms with Crippen LogP contribution in [0.5, 0.6) is 5.75 Å². The van der Waals surface area contributed by atoms with Crippen molar-refractivity contribution >= 4 is 11.5 Å². The summed E-state index contributed by atoms with van der Waals surface area (Å²) in [5, 5.41) is 12.0. The van der Waals surface area contributed by atoms with E-state index in [4.69, 9.17) is 4.74 Å². The fraction of sp³-hybridized carbons (Fsp3) is 0.375. The molecule has 0 radical (unpaired) electrons. The number of ether oxygens (including phenoxy) is 1. The van der Waals surface area contributed by atoms with Crippen LogP contribution < -0.4 is 15.2 Å². The molecule has 0 spiro atoms. The summed E-state index contributed by atoms with van der Waals surface area (Å²) in [5.74, 6) is 1.31. The van der Waals surface area contributed by atoms with Crippen LogP contribution in [0.15, 0.2) is 43.3 Å². The van der Waals surface area contributed by atoms with Crippen LogP contribution in [-0.4, -0.2) is 32.5 Å². The van der Waals surface area contributed by atoms with Gasteiger partial charge in [0.15, 0.2) is 6.23 Å². The molecule has 0 aliphatic carbocycles. The van der Waals surface area contributed by atoms with Gasteiger partial charge in [-0.25, -0.2) is 15.0 Å². The molecule has 0 amide bonds. The molecule has 23 heavy (non-hydrogen) atoms. The van der Waals surface area contributed by atoms with Crippen molar-refractivity contribution in [2.24, 2.45) is 5.41 Å². The number of aromatic nitrogens is 3. The first-order chi connectivity index (χ1) is 10.9. The highest BCUT2D eigenvalue weighted by atomic mass is 16.5. The molecule has 2 N–H and O–H groups in total. The number of pyridine rings is 1. The predicted molar refractivity (Wildman–Crippen MR) is 87.3 cm³/mol. The zero-order valence-corrected chi connectivity index (χ0v) is 13.5. The summed E-state index contributed by atoms with van der Waals surface area (Å²) in [7, 11) is 0. The maximum Gasteiger partial charge on any atom is 0.190 e. The predicted octanol–water partition coefficient (Wildman–Crippen LogP) is 1.84. The van der Waals surface area contributed by atoms with Gasteiger partial charge in [0.1, 0.15) is 11.6 Å². The van der Waals surface area contributed by atoms with Crippen LogP contribution in [0.1, 0.15) is 20.8 Å². The summed E-state index contributed by atoms with van der Waals surface area (Å²) in [4.78, 5) is 8.33. The van der Waals surface area contributed by atoms with Crippen LogP contribution in [-0.2, 0) is 0 Å². The number of rotatable bonds is 4. The minimum absolute atomic E-state index is 0.0923. The molecule has 0 bridgehead atoms. The van der Waals surface area contributed by atoms with Gasteiger partial charge in [-0.2, -0.15) is 0 Å². The Morgan fingerprint density at radius 1 is 1.35 bits per heavy atom. The van der Waals surface area contributed by atoms with Crippen molar-refractivity contribution in [1.82, 2.24) is 20.0 Å². The first-order valence-corrected chi connectivity index (χ1v) is 7.45. The van der Waals surface area contributed by atoms with E-state index >= 15 is 0 Å². The Balaban J connectivity index is 1.67. The van der Waals surface area contributed by atoms with Crippen LogP contribution in [0.3, 0.4) is 0 Å². The maximum atomic E-state index is 10.4. The van der Waals surface area contributed by atoms with Crippen molar-refractivity contribution in [2.45, 2.75) is 27.0 Å². The molecule has 3 rings (SSSR count). The highest BCUT2D eigenvalue weighted by Gasteiger charge is 2.27. The molecule has 0 saturated carbocycles. The number of hydrogen-bond acceptors (Lipinski definition) is 6. The third-order valence-corrected chi connectivity index (χ3v) is 3.30. The van der Waals surface area contributed by atoms with Crippen molar-refractivity contribution < 1.29 is 9.84 Å². The number of nitrogens with zero attached hydrogens (tertiary/aromatic N) is 4. The topological polar surface area (TPSA) is 75.4 Å². The minimum Gasteiger partial charge on any atom is -0.491 e. The zero-order chi connectivity index (χ0) is 16.4. The second-order valence-electron chi connectivity index (χ2n) is 6.61. The van der Waals surface area contributed by atoms with Gasteiger partial charge in [0.2, 0.25) is 0 Å². The van der Waals surface area contributed by atoms with Crippen molar-refractivity contribution in [1.29, 1.82) is 0 Å². The molecule has 1 aliphatic rings. The minimum atomic E-state index is -0.849. The zero-order valence-electron chi connectivity index (χ0n) is 13.5. The Morgan fingerprint density at radius 3 is 2.78 bits per heavy atom. The van der Waals surface area contributed by atoms with Gasteiger partial charge in [-0.1, -0.05) is 20.8 Å². The number of hydrogen-bond donors (Lipinski definition) is 2. The number of imidazole rings is 1. The number of hydrazine groups is 1. The van der Waals surface area contributed by atoms with Crippen LogP contribution in [0.4, 0.5) is 5.82 Å². The molecule has 1 atom stereocenters. The third-order valence-electron chi connectivity index (χ3n) is 3.30. The molecule has 122 valence electrons. The number of aliphatic hydroxyl groups is 1. The van der Waals surface area contributed by atoms with Gasteiger partial charge in [0.25, 0.3) is 0 Å². The normalized spacial score (nSPS) is 17.8. The average Bonchev–Trinajstić information content (AvgIpc) is 3.14. The van der Waals surface area contributed by atoms with E-state index < -0.39 is 6.23 Å². The lowest BCUT2D eigenvalue weighted by Gasteiger charge is -2.23. The fourth-order valence-corrected chi connectivity index (χ4v) is 2.12. The Morgan fingerprint density at radius 2 is 2.17 bits per heavy atom. The summed E-state index contributed by atoms with van der Waals surface area (Å²) in [6.45, 7) is 6.96. The number of anilines is 1. The first-order valence-electron chi connectivity index (χ1n) is 7.45. The molecular formula is C16H21N5O2. The molecule has 7 heteroatoms. The summed E-state index contributed by atoms with van der Waals surface area (Å²) >= 11 is 0. The van der Waals surface area contributed by atoms with Gasteiger partial charge in [-0.15, -0.1) is 0 Å². The molecule has 2 aromatic rings. The van der Waals surface area contributed by atoms with Gasteiger partial charge in [0, 0.05) is 18.6 Å². The lowest BCUT2D eigenvalue weighted by Crippen LogP contribution is -2.39. The smallest absolute Gasteiger partial charge is 0.190 e. The van der Waals surface area contributed by atoms with E-state index in [1.807, 2.05) is 6.07 Å². The Labute approximate surface area is 135 Å². The van der Waals surface area contributed by atoms with Crippen LogP contribution >= 0.6 is 0 Å². The Kier molecular flexibility index (Phi) is 3.96. The fourth-order valence-electron chi connectivity index (χ4n) is 2.12. The van der Waals surface area contributed by atoms with Gasteiger partial charge < -0.3 is 14.4 Å². The maximum absolute atomic E-state index is 10.4. The van der Waals surface area contributed by atoms with Crippen molar-refractivity contribution in [3.63, 3.8) is 0 Å². The summed E-state index contributed by atoms with van der Waals surface area (Å²) < 4.78 is 7.45. The van der Waals surface area contributed by atoms with Crippen molar-refractivity contribution in [2.75, 3.05) is 11.6 Å². The van der Waals surface area contributed by atoms with E-state index in [-0.39, 0.29) is 5.41 Å². The first kappa shape index (κ1) is 15.4. The molecule has 1 aliphatic heterocycles. The molecule has 7 nitrogen and oxygen atoms in total. The van der Waals surface area contributed by atoms with E-state index in [1.165, 1.54) is 0 Å². The summed E-state index contributed by atoms with van der Waals surface area (Å²) in [5.41, 5.74) is 3.78. The molecular weight excluding hydrogens is 294 g/mol. The molecule has 1 unspecified atom stereocenters.